The number of piperidine rings is 1. The minimum atomic E-state index is -0.850. The van der Waals surface area contributed by atoms with Gasteiger partial charge in [0.15, 0.2) is 45.8 Å². The second-order valence-electron chi connectivity index (χ2n) is 11.0. The van der Waals surface area contributed by atoms with E-state index in [2.05, 4.69) is 30.5 Å². The van der Waals surface area contributed by atoms with Gasteiger partial charge in [0.05, 0.1) is 6.61 Å². The molecule has 2 atom stereocenters. The molecule has 3 aliphatic heterocycles. The van der Waals surface area contributed by atoms with Crippen molar-refractivity contribution in [1.29, 1.82) is 0 Å². The number of hydrogen-bond donors (Lipinski definition) is 1. The number of rotatable bonds is 8. The maximum atomic E-state index is 13.1. The van der Waals surface area contributed by atoms with Gasteiger partial charge in [0.1, 0.15) is 6.33 Å². The molecular weight excluding hydrogens is 642 g/mol. The van der Waals surface area contributed by atoms with Gasteiger partial charge in [-0.25, -0.2) is 19.7 Å². The lowest BCUT2D eigenvalue weighted by Crippen LogP contribution is -2.48. The average Bonchev–Trinajstić information content (AvgIpc) is 3.60. The number of halogens is 1. The zero-order valence-corrected chi connectivity index (χ0v) is 26.4. The molecule has 13 nitrogen and oxygen atoms in total. The molecule has 6 rings (SSSR count). The third kappa shape index (κ3) is 6.54. The van der Waals surface area contributed by atoms with E-state index in [-0.39, 0.29) is 12.7 Å². The molecule has 2 saturated heterocycles. The molecule has 0 bridgehead atoms. The Balaban J connectivity index is 1.07. The lowest BCUT2D eigenvalue weighted by Gasteiger charge is -2.34. The van der Waals surface area contributed by atoms with Gasteiger partial charge >= 0.3 is 5.97 Å². The van der Waals surface area contributed by atoms with Crippen LogP contribution in [0.25, 0.3) is 11.2 Å². The van der Waals surface area contributed by atoms with E-state index >= 15 is 0 Å². The van der Waals surface area contributed by atoms with Gasteiger partial charge in [0, 0.05) is 42.1 Å². The Morgan fingerprint density at radius 1 is 1.19 bits per heavy atom. The second-order valence-corrected chi connectivity index (χ2v) is 12.8. The maximum Gasteiger partial charge on any atom is 0.337 e. The van der Waals surface area contributed by atoms with E-state index in [0.29, 0.717) is 67.2 Å². The van der Waals surface area contributed by atoms with Crippen molar-refractivity contribution in [2.75, 3.05) is 52.4 Å². The zero-order valence-electron chi connectivity index (χ0n) is 24.0. The van der Waals surface area contributed by atoms with Crippen LogP contribution in [-0.2, 0) is 25.6 Å². The molecule has 2 aromatic heterocycles. The largest absolute Gasteiger partial charge is 0.454 e. The number of aromatic nitrogens is 4. The highest BCUT2D eigenvalue weighted by atomic mass is 79.9. The van der Waals surface area contributed by atoms with Gasteiger partial charge in [-0.05, 0) is 67.2 Å². The SMILES string of the molecule is CC(OC(=O)C1CN(C)CCO1)C(=O)N1CCC(CCn2c(Sc3cc4c(cc3Br)OCO4)nc3c(N)ncnc32)CC1. The van der Waals surface area contributed by atoms with Crippen LogP contribution < -0.4 is 15.2 Å². The van der Waals surface area contributed by atoms with Crippen molar-refractivity contribution in [3.8, 4) is 11.5 Å². The Labute approximate surface area is 261 Å². The van der Waals surface area contributed by atoms with E-state index in [4.69, 9.17) is 29.7 Å². The first-order chi connectivity index (χ1) is 20.8. The number of ether oxygens (including phenoxy) is 4. The lowest BCUT2D eigenvalue weighted by atomic mass is 9.93. The predicted octanol–water partition coefficient (Wildman–Crippen LogP) is 2.94. The summed E-state index contributed by atoms with van der Waals surface area (Å²) in [7, 11) is 1.93. The van der Waals surface area contributed by atoms with Crippen LogP contribution in [0.1, 0.15) is 26.2 Å². The smallest absolute Gasteiger partial charge is 0.337 e. The molecule has 230 valence electrons. The van der Waals surface area contributed by atoms with Crippen LogP contribution >= 0.6 is 27.7 Å². The summed E-state index contributed by atoms with van der Waals surface area (Å²) in [5.74, 6) is 1.47. The molecule has 1 amide bonds. The number of anilines is 1. The highest BCUT2D eigenvalue weighted by molar-refractivity contribution is 9.10. The molecule has 3 aromatic rings. The van der Waals surface area contributed by atoms with Crippen LogP contribution in [0.15, 0.2) is 33.0 Å². The van der Waals surface area contributed by atoms with Crippen LogP contribution in [0, 0.1) is 5.92 Å². The van der Waals surface area contributed by atoms with Crippen molar-refractivity contribution < 1.29 is 28.5 Å². The fourth-order valence-corrected chi connectivity index (χ4v) is 7.03. The average molecular weight is 677 g/mol. The summed E-state index contributed by atoms with van der Waals surface area (Å²) in [5.41, 5.74) is 7.41. The molecule has 2 N–H and O–H groups in total. The number of fused-ring (bicyclic) bond motifs is 2. The Kier molecular flexibility index (Phi) is 8.93. The van der Waals surface area contributed by atoms with E-state index < -0.39 is 18.2 Å². The van der Waals surface area contributed by atoms with Crippen molar-refractivity contribution in [2.24, 2.45) is 5.92 Å². The van der Waals surface area contributed by atoms with E-state index in [1.54, 1.807) is 11.8 Å². The van der Waals surface area contributed by atoms with Crippen molar-refractivity contribution in [3.63, 3.8) is 0 Å². The molecule has 15 heteroatoms. The number of morpholine rings is 1. The van der Waals surface area contributed by atoms with Crippen molar-refractivity contribution in [1.82, 2.24) is 29.3 Å². The molecule has 0 saturated carbocycles. The lowest BCUT2D eigenvalue weighted by molar-refractivity contribution is -0.172. The highest BCUT2D eigenvalue weighted by Gasteiger charge is 2.32. The quantitative estimate of drug-likeness (QED) is 0.350. The third-order valence-corrected chi connectivity index (χ3v) is 9.98. The summed E-state index contributed by atoms with van der Waals surface area (Å²) in [5, 5.41) is 0.748. The van der Waals surface area contributed by atoms with Gasteiger partial charge in [-0.1, -0.05) is 11.8 Å². The van der Waals surface area contributed by atoms with Crippen molar-refractivity contribution >= 4 is 56.6 Å². The summed E-state index contributed by atoms with van der Waals surface area (Å²) >= 11 is 5.13. The van der Waals surface area contributed by atoms with E-state index in [1.807, 2.05) is 24.1 Å². The number of amides is 1. The predicted molar refractivity (Wildman–Crippen MR) is 161 cm³/mol. The van der Waals surface area contributed by atoms with Gasteiger partial charge < -0.3 is 39.0 Å². The van der Waals surface area contributed by atoms with Gasteiger partial charge in [-0.2, -0.15) is 0 Å². The topological polar surface area (TPSA) is 147 Å². The molecule has 0 spiro atoms. The summed E-state index contributed by atoms with van der Waals surface area (Å²) < 4.78 is 25.0. The first-order valence-electron chi connectivity index (χ1n) is 14.3. The van der Waals surface area contributed by atoms with Gasteiger partial charge in [-0.15, -0.1) is 0 Å². The second kappa shape index (κ2) is 12.8. The van der Waals surface area contributed by atoms with Crippen LogP contribution in [0.5, 0.6) is 11.5 Å². The number of likely N-dealkylation sites (N-methyl/N-ethyl adjacent to an activating group) is 1. The molecule has 0 aliphatic carbocycles. The Bertz CT molecular complexity index is 1510. The zero-order chi connectivity index (χ0) is 30.1. The number of aryl methyl sites for hydroxylation is 1. The fraction of sp³-hybridized carbons (Fsp3) is 0.536. The van der Waals surface area contributed by atoms with E-state index in [9.17, 15) is 9.59 Å². The number of nitrogen functional groups attached to an aromatic ring is 1. The number of likely N-dealkylation sites (tertiary alicyclic amines) is 1. The summed E-state index contributed by atoms with van der Waals surface area (Å²) in [6, 6.07) is 3.83. The molecule has 43 heavy (non-hydrogen) atoms. The summed E-state index contributed by atoms with van der Waals surface area (Å²) in [4.78, 5) is 43.8. The molecule has 1 aromatic carbocycles. The van der Waals surface area contributed by atoms with E-state index in [0.717, 1.165) is 40.3 Å². The Morgan fingerprint density at radius 3 is 2.72 bits per heavy atom. The number of carbonyl (C=O) groups is 2. The minimum absolute atomic E-state index is 0.170. The number of benzene rings is 1. The molecule has 2 fully saturated rings. The molecule has 5 heterocycles. The Morgan fingerprint density at radius 2 is 1.95 bits per heavy atom. The standard InChI is InChI=1S/C28H34BrN7O6S/c1-16(42-27(38)21-13-34(2)9-10-39-21)26(37)35-6-3-17(4-7-35)5-8-36-25-23(24(30)31-14-32-25)33-28(36)43-22-12-20-19(11-18(22)29)40-15-41-20/h11-12,14,16-17,21H,3-10,13,15H2,1-2H3,(H2,30,31,32). The minimum Gasteiger partial charge on any atom is -0.454 e. The number of carbonyl (C=O) groups excluding carboxylic acids is 2. The van der Waals surface area contributed by atoms with Crippen molar-refractivity contribution in [3.05, 3.63) is 22.9 Å². The molecule has 0 radical (unpaired) electrons. The highest BCUT2D eigenvalue weighted by Crippen LogP contribution is 2.43. The van der Waals surface area contributed by atoms with Crippen molar-refractivity contribution in [2.45, 2.75) is 55.0 Å². The molecule has 2 unspecified atom stereocenters. The summed E-state index contributed by atoms with van der Waals surface area (Å²) in [6.07, 6.45) is 2.53. The monoisotopic (exact) mass is 675 g/mol. The van der Waals surface area contributed by atoms with Gasteiger partial charge in [0.25, 0.3) is 5.91 Å². The third-order valence-electron chi connectivity index (χ3n) is 8.01. The number of nitrogens with zero attached hydrogens (tertiary/aromatic N) is 6. The first kappa shape index (κ1) is 29.9. The van der Waals surface area contributed by atoms with Crippen LogP contribution in [-0.4, -0.2) is 100 Å². The maximum absolute atomic E-state index is 13.1. The number of nitrogens with two attached hydrogens (primary N) is 1. The van der Waals surface area contributed by atoms with Crippen LogP contribution in [0.4, 0.5) is 5.82 Å². The fourth-order valence-electron chi connectivity index (χ4n) is 5.52. The summed E-state index contributed by atoms with van der Waals surface area (Å²) in [6.45, 7) is 5.43. The number of imidazole rings is 1. The first-order valence-corrected chi connectivity index (χ1v) is 15.9. The molecular formula is C28H34BrN7O6S. The van der Waals surface area contributed by atoms with Gasteiger partial charge in [-0.3, -0.25) is 4.79 Å². The van der Waals surface area contributed by atoms with E-state index in [1.165, 1.54) is 18.1 Å². The Hall–Kier alpha value is -3.14. The van der Waals surface area contributed by atoms with Crippen LogP contribution in [0.2, 0.25) is 0 Å². The number of hydrogen-bond acceptors (Lipinski definition) is 12. The number of esters is 1. The van der Waals surface area contributed by atoms with Gasteiger partial charge in [0.2, 0.25) is 6.79 Å². The van der Waals surface area contributed by atoms with Crippen LogP contribution in [0.3, 0.4) is 0 Å². The molecule has 3 aliphatic rings. The normalized spacial score (nSPS) is 20.0.